The Morgan fingerprint density at radius 1 is 1.31 bits per heavy atom. The van der Waals surface area contributed by atoms with E-state index >= 15 is 0 Å². The lowest BCUT2D eigenvalue weighted by molar-refractivity contribution is 0.0693. The first-order valence-corrected chi connectivity index (χ1v) is 4.89. The lowest BCUT2D eigenvalue weighted by Gasteiger charge is -2.13. The third-order valence-electron chi connectivity index (χ3n) is 2.47. The van der Waals surface area contributed by atoms with Gasteiger partial charge < -0.3 is 10.0 Å². The van der Waals surface area contributed by atoms with Crippen LogP contribution in [0.25, 0.3) is 10.8 Å². The zero-order chi connectivity index (χ0) is 11.7. The fourth-order valence-corrected chi connectivity index (χ4v) is 1.60. The van der Waals surface area contributed by atoms with Gasteiger partial charge in [-0.1, -0.05) is 6.07 Å². The van der Waals surface area contributed by atoms with Crippen LogP contribution in [-0.4, -0.2) is 30.2 Å². The molecule has 0 aliphatic carbocycles. The molecule has 16 heavy (non-hydrogen) atoms. The van der Waals surface area contributed by atoms with E-state index in [4.69, 9.17) is 5.11 Å². The van der Waals surface area contributed by atoms with Crippen LogP contribution in [0.15, 0.2) is 30.5 Å². The van der Waals surface area contributed by atoms with Crippen LogP contribution in [0.3, 0.4) is 0 Å². The van der Waals surface area contributed by atoms with Crippen LogP contribution < -0.4 is 4.90 Å². The number of carboxylic acid groups (broad SMARTS) is 1. The number of carbonyl (C=O) groups is 1. The van der Waals surface area contributed by atoms with Gasteiger partial charge in [-0.25, -0.2) is 9.78 Å². The van der Waals surface area contributed by atoms with Gasteiger partial charge in [0.2, 0.25) is 0 Å². The van der Waals surface area contributed by atoms with Crippen molar-refractivity contribution in [2.24, 2.45) is 0 Å². The van der Waals surface area contributed by atoms with Gasteiger partial charge in [0.25, 0.3) is 0 Å². The molecule has 1 aromatic carbocycles. The molecule has 0 atom stereocenters. The molecule has 0 saturated heterocycles. The second-order valence-corrected chi connectivity index (χ2v) is 3.76. The summed E-state index contributed by atoms with van der Waals surface area (Å²) in [6.45, 7) is 0. The van der Waals surface area contributed by atoms with Crippen molar-refractivity contribution in [2.45, 2.75) is 0 Å². The van der Waals surface area contributed by atoms with Crippen LogP contribution in [0, 0.1) is 0 Å². The molecule has 4 heteroatoms. The standard InChI is InChI=1S/C12H12N2O2/c1-14(2)9-4-3-8-5-6-13-11(12(15)16)10(8)7-9/h3-7H,1-2H3,(H,15,16). The van der Waals surface area contributed by atoms with Crippen molar-refractivity contribution >= 4 is 22.4 Å². The SMILES string of the molecule is CN(C)c1ccc2ccnc(C(=O)O)c2c1. The molecular formula is C12H12N2O2. The van der Waals surface area contributed by atoms with Crippen LogP contribution in [0.5, 0.6) is 0 Å². The lowest BCUT2D eigenvalue weighted by Crippen LogP contribution is -2.09. The molecule has 0 aliphatic rings. The molecule has 0 aliphatic heterocycles. The second kappa shape index (κ2) is 3.81. The van der Waals surface area contributed by atoms with Gasteiger partial charge >= 0.3 is 5.97 Å². The van der Waals surface area contributed by atoms with Gasteiger partial charge in [0.1, 0.15) is 0 Å². The number of carboxylic acids is 1. The van der Waals surface area contributed by atoms with Crippen LogP contribution >= 0.6 is 0 Å². The number of pyridine rings is 1. The smallest absolute Gasteiger partial charge is 0.355 e. The normalized spacial score (nSPS) is 10.4. The van der Waals surface area contributed by atoms with Crippen molar-refractivity contribution in [3.63, 3.8) is 0 Å². The number of benzene rings is 1. The first kappa shape index (κ1) is 10.4. The van der Waals surface area contributed by atoms with Gasteiger partial charge in [0.05, 0.1) is 0 Å². The molecule has 0 amide bonds. The van der Waals surface area contributed by atoms with E-state index in [0.717, 1.165) is 11.1 Å². The Labute approximate surface area is 93.1 Å². The van der Waals surface area contributed by atoms with E-state index in [1.54, 1.807) is 6.07 Å². The van der Waals surface area contributed by atoms with Gasteiger partial charge in [-0.05, 0) is 23.6 Å². The number of nitrogens with zero attached hydrogens (tertiary/aromatic N) is 2. The number of hydrogen-bond acceptors (Lipinski definition) is 3. The summed E-state index contributed by atoms with van der Waals surface area (Å²) in [5.74, 6) is -0.999. The molecule has 1 heterocycles. The van der Waals surface area contributed by atoms with Crippen molar-refractivity contribution in [3.05, 3.63) is 36.2 Å². The monoisotopic (exact) mass is 216 g/mol. The molecule has 82 valence electrons. The maximum atomic E-state index is 11.0. The zero-order valence-electron chi connectivity index (χ0n) is 9.14. The minimum absolute atomic E-state index is 0.0983. The summed E-state index contributed by atoms with van der Waals surface area (Å²) in [5, 5.41) is 10.6. The zero-order valence-corrected chi connectivity index (χ0v) is 9.14. The average molecular weight is 216 g/mol. The predicted molar refractivity (Wildman–Crippen MR) is 63.0 cm³/mol. The van der Waals surface area contributed by atoms with E-state index in [0.29, 0.717) is 5.39 Å². The molecule has 2 aromatic rings. The number of fused-ring (bicyclic) bond motifs is 1. The number of anilines is 1. The molecule has 0 fully saturated rings. The van der Waals surface area contributed by atoms with Crippen molar-refractivity contribution < 1.29 is 9.90 Å². The topological polar surface area (TPSA) is 53.4 Å². The van der Waals surface area contributed by atoms with Crippen LogP contribution in [0.4, 0.5) is 5.69 Å². The first-order valence-electron chi connectivity index (χ1n) is 4.89. The minimum Gasteiger partial charge on any atom is -0.476 e. The largest absolute Gasteiger partial charge is 0.476 e. The molecule has 0 bridgehead atoms. The van der Waals surface area contributed by atoms with E-state index in [-0.39, 0.29) is 5.69 Å². The fourth-order valence-electron chi connectivity index (χ4n) is 1.60. The van der Waals surface area contributed by atoms with Crippen LogP contribution in [-0.2, 0) is 0 Å². The molecule has 1 N–H and O–H groups in total. The maximum absolute atomic E-state index is 11.0. The third-order valence-corrected chi connectivity index (χ3v) is 2.47. The van der Waals surface area contributed by atoms with Crippen LogP contribution in [0.2, 0.25) is 0 Å². The lowest BCUT2D eigenvalue weighted by atomic mass is 10.1. The fraction of sp³-hybridized carbons (Fsp3) is 0.167. The van der Waals surface area contributed by atoms with Gasteiger partial charge in [-0.3, -0.25) is 0 Å². The highest BCUT2D eigenvalue weighted by Crippen LogP contribution is 2.22. The Kier molecular flexibility index (Phi) is 2.48. The summed E-state index contributed by atoms with van der Waals surface area (Å²) in [6.07, 6.45) is 1.52. The highest BCUT2D eigenvalue weighted by Gasteiger charge is 2.10. The number of hydrogen-bond donors (Lipinski definition) is 1. The van der Waals surface area contributed by atoms with E-state index < -0.39 is 5.97 Å². The Hall–Kier alpha value is -2.10. The first-order chi connectivity index (χ1) is 7.59. The highest BCUT2D eigenvalue weighted by molar-refractivity contribution is 6.02. The van der Waals surface area contributed by atoms with Gasteiger partial charge in [-0.15, -0.1) is 0 Å². The minimum atomic E-state index is -0.999. The molecule has 0 radical (unpaired) electrons. The number of aromatic nitrogens is 1. The Morgan fingerprint density at radius 3 is 2.69 bits per heavy atom. The van der Waals surface area contributed by atoms with E-state index in [9.17, 15) is 4.79 Å². The Balaban J connectivity index is 2.73. The molecule has 2 rings (SSSR count). The molecular weight excluding hydrogens is 204 g/mol. The summed E-state index contributed by atoms with van der Waals surface area (Å²) in [7, 11) is 3.83. The summed E-state index contributed by atoms with van der Waals surface area (Å²) in [6, 6.07) is 7.50. The summed E-state index contributed by atoms with van der Waals surface area (Å²) in [5.41, 5.74) is 1.06. The molecule has 4 nitrogen and oxygen atoms in total. The third kappa shape index (κ3) is 1.69. The molecule has 0 spiro atoms. The summed E-state index contributed by atoms with van der Waals surface area (Å²) in [4.78, 5) is 16.8. The Morgan fingerprint density at radius 2 is 2.06 bits per heavy atom. The number of rotatable bonds is 2. The number of aromatic carboxylic acids is 1. The predicted octanol–water partition coefficient (Wildman–Crippen LogP) is 2.00. The summed E-state index contributed by atoms with van der Waals surface area (Å²) < 4.78 is 0. The maximum Gasteiger partial charge on any atom is 0.355 e. The highest BCUT2D eigenvalue weighted by atomic mass is 16.4. The van der Waals surface area contributed by atoms with Gasteiger partial charge in [-0.2, -0.15) is 0 Å². The average Bonchev–Trinajstić information content (AvgIpc) is 2.27. The second-order valence-electron chi connectivity index (χ2n) is 3.76. The van der Waals surface area contributed by atoms with Crippen molar-refractivity contribution in [1.29, 1.82) is 0 Å². The van der Waals surface area contributed by atoms with E-state index in [1.165, 1.54) is 6.20 Å². The molecule has 0 unspecified atom stereocenters. The molecule has 0 saturated carbocycles. The van der Waals surface area contributed by atoms with E-state index in [1.807, 2.05) is 37.2 Å². The van der Waals surface area contributed by atoms with Gasteiger partial charge in [0, 0.05) is 31.4 Å². The van der Waals surface area contributed by atoms with Crippen molar-refractivity contribution in [2.75, 3.05) is 19.0 Å². The van der Waals surface area contributed by atoms with E-state index in [2.05, 4.69) is 4.98 Å². The van der Waals surface area contributed by atoms with Crippen LogP contribution in [0.1, 0.15) is 10.5 Å². The summed E-state index contributed by atoms with van der Waals surface area (Å²) >= 11 is 0. The van der Waals surface area contributed by atoms with Crippen molar-refractivity contribution in [3.8, 4) is 0 Å². The quantitative estimate of drug-likeness (QED) is 0.834. The Bertz CT molecular complexity index is 550. The van der Waals surface area contributed by atoms with Crippen molar-refractivity contribution in [1.82, 2.24) is 4.98 Å². The molecule has 1 aromatic heterocycles. The van der Waals surface area contributed by atoms with Gasteiger partial charge in [0.15, 0.2) is 5.69 Å².